The molecule has 0 aliphatic heterocycles. The lowest BCUT2D eigenvalue weighted by Crippen LogP contribution is -1.99. The zero-order valence-corrected chi connectivity index (χ0v) is 12.2. The van der Waals surface area contributed by atoms with E-state index in [4.69, 9.17) is 11.6 Å². The zero-order valence-electron chi connectivity index (χ0n) is 10.6. The topological polar surface area (TPSA) is 38.7 Å². The Balaban J connectivity index is 2.15. The summed E-state index contributed by atoms with van der Waals surface area (Å²) in [6.07, 6.45) is 2.64. The molecule has 3 heterocycles. The van der Waals surface area contributed by atoms with Gasteiger partial charge in [0.15, 0.2) is 5.82 Å². The SMILES string of the molecule is CCc1c(C)nc(-c2cnc3ccsc3c2)nc1Cl. The van der Waals surface area contributed by atoms with Crippen LogP contribution in [0.25, 0.3) is 21.6 Å². The summed E-state index contributed by atoms with van der Waals surface area (Å²) in [5, 5.41) is 2.57. The van der Waals surface area contributed by atoms with Gasteiger partial charge in [-0.1, -0.05) is 18.5 Å². The van der Waals surface area contributed by atoms with E-state index in [1.807, 2.05) is 18.4 Å². The van der Waals surface area contributed by atoms with Crippen LogP contribution in [0.4, 0.5) is 0 Å². The highest BCUT2D eigenvalue weighted by Crippen LogP contribution is 2.26. The number of hydrogen-bond donors (Lipinski definition) is 0. The molecule has 0 aliphatic rings. The molecule has 0 N–H and O–H groups in total. The number of nitrogens with zero attached hydrogens (tertiary/aromatic N) is 3. The first-order chi connectivity index (χ1) is 9.19. The van der Waals surface area contributed by atoms with Crippen LogP contribution in [0, 0.1) is 6.92 Å². The Morgan fingerprint density at radius 3 is 2.89 bits per heavy atom. The van der Waals surface area contributed by atoms with Crippen molar-refractivity contribution in [2.45, 2.75) is 20.3 Å². The summed E-state index contributed by atoms with van der Waals surface area (Å²) in [4.78, 5) is 13.3. The largest absolute Gasteiger partial charge is 0.255 e. The minimum absolute atomic E-state index is 0.538. The predicted molar refractivity (Wildman–Crippen MR) is 79.8 cm³/mol. The average molecular weight is 290 g/mol. The zero-order chi connectivity index (χ0) is 13.4. The van der Waals surface area contributed by atoms with Crippen molar-refractivity contribution >= 4 is 33.2 Å². The fraction of sp³-hybridized carbons (Fsp3) is 0.214. The molecule has 0 unspecified atom stereocenters. The van der Waals surface area contributed by atoms with E-state index in [0.29, 0.717) is 11.0 Å². The molecule has 0 atom stereocenters. The summed E-state index contributed by atoms with van der Waals surface area (Å²) in [7, 11) is 0. The molecule has 0 fully saturated rings. The number of hydrogen-bond acceptors (Lipinski definition) is 4. The Morgan fingerprint density at radius 1 is 1.32 bits per heavy atom. The lowest BCUT2D eigenvalue weighted by Gasteiger charge is -2.07. The van der Waals surface area contributed by atoms with Crippen molar-refractivity contribution in [3.63, 3.8) is 0 Å². The number of aromatic nitrogens is 3. The van der Waals surface area contributed by atoms with Gasteiger partial charge in [0.2, 0.25) is 0 Å². The highest BCUT2D eigenvalue weighted by atomic mass is 35.5. The highest BCUT2D eigenvalue weighted by molar-refractivity contribution is 7.17. The first-order valence-electron chi connectivity index (χ1n) is 6.05. The molecular formula is C14H12ClN3S. The maximum absolute atomic E-state index is 6.21. The van der Waals surface area contributed by atoms with E-state index in [1.165, 1.54) is 0 Å². The molecule has 96 valence electrons. The van der Waals surface area contributed by atoms with Gasteiger partial charge < -0.3 is 0 Å². The number of thiophene rings is 1. The predicted octanol–water partition coefficient (Wildman–Crippen LogP) is 4.28. The highest BCUT2D eigenvalue weighted by Gasteiger charge is 2.11. The van der Waals surface area contributed by atoms with Crippen LogP contribution in [0.15, 0.2) is 23.7 Å². The first kappa shape index (κ1) is 12.5. The van der Waals surface area contributed by atoms with Crippen LogP contribution < -0.4 is 0 Å². The number of pyridine rings is 1. The molecule has 0 spiro atoms. The Hall–Kier alpha value is -1.52. The smallest absolute Gasteiger partial charge is 0.162 e. The van der Waals surface area contributed by atoms with Gasteiger partial charge in [0.25, 0.3) is 0 Å². The molecular weight excluding hydrogens is 278 g/mol. The maximum atomic E-state index is 6.21. The molecule has 3 aromatic rings. The van der Waals surface area contributed by atoms with Crippen molar-refractivity contribution in [2.24, 2.45) is 0 Å². The Labute approximate surface area is 120 Å². The van der Waals surface area contributed by atoms with Gasteiger partial charge in [0.05, 0.1) is 10.2 Å². The quantitative estimate of drug-likeness (QED) is 0.661. The first-order valence-corrected chi connectivity index (χ1v) is 7.31. The Kier molecular flexibility index (Phi) is 3.21. The van der Waals surface area contributed by atoms with Crippen LogP contribution in [0.2, 0.25) is 5.15 Å². The van der Waals surface area contributed by atoms with Crippen LogP contribution in [-0.2, 0) is 6.42 Å². The lowest BCUT2D eigenvalue weighted by molar-refractivity contribution is 1.00. The van der Waals surface area contributed by atoms with Crippen LogP contribution >= 0.6 is 22.9 Å². The van der Waals surface area contributed by atoms with Gasteiger partial charge in [-0.25, -0.2) is 9.97 Å². The normalized spacial score (nSPS) is 11.1. The van der Waals surface area contributed by atoms with E-state index < -0.39 is 0 Å². The number of aryl methyl sites for hydroxylation is 1. The van der Waals surface area contributed by atoms with Gasteiger partial charge in [-0.05, 0) is 30.9 Å². The van der Waals surface area contributed by atoms with Crippen molar-refractivity contribution in [2.75, 3.05) is 0 Å². The number of rotatable bonds is 2. The molecule has 3 aromatic heterocycles. The molecule has 0 aromatic carbocycles. The fourth-order valence-corrected chi connectivity index (χ4v) is 3.19. The average Bonchev–Trinajstić information content (AvgIpc) is 2.85. The third kappa shape index (κ3) is 2.22. The van der Waals surface area contributed by atoms with E-state index in [9.17, 15) is 0 Å². The van der Waals surface area contributed by atoms with Gasteiger partial charge in [0.1, 0.15) is 5.15 Å². The lowest BCUT2D eigenvalue weighted by atomic mass is 10.2. The van der Waals surface area contributed by atoms with Crippen molar-refractivity contribution in [1.82, 2.24) is 15.0 Å². The Bertz CT molecular complexity index is 728. The minimum atomic E-state index is 0.538. The van der Waals surface area contributed by atoms with Crippen molar-refractivity contribution in [1.29, 1.82) is 0 Å². The standard InChI is InChI=1S/C14H12ClN3S/c1-3-10-8(2)17-14(18-13(10)15)9-6-12-11(16-7-9)4-5-19-12/h4-7H,3H2,1-2H3. The third-order valence-electron chi connectivity index (χ3n) is 3.08. The molecule has 0 saturated carbocycles. The van der Waals surface area contributed by atoms with E-state index in [-0.39, 0.29) is 0 Å². The molecule has 0 radical (unpaired) electrons. The minimum Gasteiger partial charge on any atom is -0.255 e. The Morgan fingerprint density at radius 2 is 2.16 bits per heavy atom. The van der Waals surface area contributed by atoms with Crippen molar-refractivity contribution < 1.29 is 0 Å². The molecule has 3 rings (SSSR count). The second-order valence-corrected chi connectivity index (χ2v) is 5.59. The van der Waals surface area contributed by atoms with Crippen molar-refractivity contribution in [3.8, 4) is 11.4 Å². The van der Waals surface area contributed by atoms with Crippen LogP contribution in [-0.4, -0.2) is 15.0 Å². The summed E-state index contributed by atoms with van der Waals surface area (Å²) in [6.45, 7) is 4.02. The van der Waals surface area contributed by atoms with Gasteiger partial charge in [-0.15, -0.1) is 11.3 Å². The van der Waals surface area contributed by atoms with E-state index in [1.54, 1.807) is 17.5 Å². The molecule has 5 heteroatoms. The fourth-order valence-electron chi connectivity index (χ4n) is 2.06. The van der Waals surface area contributed by atoms with Gasteiger partial charge in [-0.2, -0.15) is 0 Å². The molecule has 3 nitrogen and oxygen atoms in total. The third-order valence-corrected chi connectivity index (χ3v) is 4.24. The molecule has 0 saturated heterocycles. The second-order valence-electron chi connectivity index (χ2n) is 4.28. The van der Waals surface area contributed by atoms with Crippen LogP contribution in [0.5, 0.6) is 0 Å². The van der Waals surface area contributed by atoms with Gasteiger partial charge in [-0.3, -0.25) is 4.98 Å². The molecule has 0 bridgehead atoms. The van der Waals surface area contributed by atoms with Crippen LogP contribution in [0.1, 0.15) is 18.2 Å². The summed E-state index contributed by atoms with van der Waals surface area (Å²) in [5.41, 5.74) is 3.85. The van der Waals surface area contributed by atoms with Gasteiger partial charge >= 0.3 is 0 Å². The van der Waals surface area contributed by atoms with Crippen LogP contribution in [0.3, 0.4) is 0 Å². The summed E-state index contributed by atoms with van der Waals surface area (Å²) in [6, 6.07) is 4.06. The van der Waals surface area contributed by atoms with Gasteiger partial charge in [0, 0.05) is 23.0 Å². The maximum Gasteiger partial charge on any atom is 0.162 e. The summed E-state index contributed by atoms with van der Waals surface area (Å²) >= 11 is 7.87. The van der Waals surface area contributed by atoms with E-state index in [0.717, 1.165) is 33.5 Å². The van der Waals surface area contributed by atoms with E-state index in [2.05, 4.69) is 27.9 Å². The number of halogens is 1. The second kappa shape index (κ2) is 4.87. The van der Waals surface area contributed by atoms with Crippen molar-refractivity contribution in [3.05, 3.63) is 40.1 Å². The molecule has 0 aliphatic carbocycles. The molecule has 0 amide bonds. The molecule has 19 heavy (non-hydrogen) atoms. The summed E-state index contributed by atoms with van der Waals surface area (Å²) in [5.74, 6) is 0.641. The monoisotopic (exact) mass is 289 g/mol. The number of fused-ring (bicyclic) bond motifs is 1. The van der Waals surface area contributed by atoms with E-state index >= 15 is 0 Å². The summed E-state index contributed by atoms with van der Waals surface area (Å²) < 4.78 is 1.13.